The van der Waals surface area contributed by atoms with Crippen molar-refractivity contribution in [1.29, 1.82) is 0 Å². The summed E-state index contributed by atoms with van der Waals surface area (Å²) in [6.07, 6.45) is 0.236. The Labute approximate surface area is 121 Å². The zero-order chi connectivity index (χ0) is 13.2. The predicted octanol–water partition coefficient (Wildman–Crippen LogP) is 3.53. The average molecular weight is 319 g/mol. The molecule has 0 saturated carbocycles. The van der Waals surface area contributed by atoms with Gasteiger partial charge in [-0.15, -0.1) is 0 Å². The van der Waals surface area contributed by atoms with E-state index in [0.717, 1.165) is 21.3 Å². The molecule has 0 spiro atoms. The molecule has 1 aliphatic heterocycles. The lowest BCUT2D eigenvalue weighted by Crippen LogP contribution is -2.22. The van der Waals surface area contributed by atoms with Gasteiger partial charge in [0.25, 0.3) is 0 Å². The Hall–Kier alpha value is -1.32. The Morgan fingerprint density at radius 3 is 2.68 bits per heavy atom. The molecule has 0 saturated heterocycles. The van der Waals surface area contributed by atoms with Crippen LogP contribution in [-0.4, -0.2) is 17.8 Å². The van der Waals surface area contributed by atoms with Crippen molar-refractivity contribution in [2.24, 2.45) is 0 Å². The zero-order valence-corrected chi connectivity index (χ0v) is 12.0. The first kappa shape index (κ1) is 12.7. The molecule has 2 nitrogen and oxygen atoms in total. The monoisotopic (exact) mass is 318 g/mol. The van der Waals surface area contributed by atoms with E-state index in [4.69, 9.17) is 4.74 Å². The van der Waals surface area contributed by atoms with E-state index in [-0.39, 0.29) is 5.92 Å². The molecule has 3 rings (SSSR count). The van der Waals surface area contributed by atoms with Crippen LogP contribution >= 0.6 is 15.9 Å². The molecular formula is C16H15BrO2. The van der Waals surface area contributed by atoms with Crippen molar-refractivity contribution in [3.63, 3.8) is 0 Å². The van der Waals surface area contributed by atoms with Gasteiger partial charge in [0.15, 0.2) is 0 Å². The van der Waals surface area contributed by atoms with E-state index in [9.17, 15) is 5.11 Å². The number of halogens is 1. The largest absolute Gasteiger partial charge is 0.493 e. The van der Waals surface area contributed by atoms with Gasteiger partial charge in [0.2, 0.25) is 0 Å². The molecule has 2 unspecified atom stereocenters. The highest BCUT2D eigenvalue weighted by atomic mass is 79.9. The molecule has 0 radical (unpaired) electrons. The zero-order valence-electron chi connectivity index (χ0n) is 10.4. The molecule has 1 aliphatic rings. The fourth-order valence-electron chi connectivity index (χ4n) is 2.51. The highest BCUT2D eigenvalue weighted by Crippen LogP contribution is 2.36. The van der Waals surface area contributed by atoms with Crippen LogP contribution in [0.3, 0.4) is 0 Å². The first-order valence-electron chi connectivity index (χ1n) is 6.38. The molecule has 2 aromatic rings. The maximum absolute atomic E-state index is 10.4. The second kappa shape index (κ2) is 5.35. The number of aliphatic hydroxyl groups is 1. The molecule has 19 heavy (non-hydrogen) atoms. The van der Waals surface area contributed by atoms with Crippen LogP contribution in [0.1, 0.15) is 17.0 Å². The summed E-state index contributed by atoms with van der Waals surface area (Å²) < 4.78 is 6.68. The van der Waals surface area contributed by atoms with Crippen molar-refractivity contribution in [3.05, 3.63) is 64.1 Å². The van der Waals surface area contributed by atoms with Gasteiger partial charge in [-0.2, -0.15) is 0 Å². The van der Waals surface area contributed by atoms with Gasteiger partial charge in [-0.25, -0.2) is 0 Å². The van der Waals surface area contributed by atoms with Crippen LogP contribution in [-0.2, 0) is 6.42 Å². The van der Waals surface area contributed by atoms with Crippen molar-refractivity contribution in [3.8, 4) is 5.75 Å². The van der Waals surface area contributed by atoms with Crippen molar-refractivity contribution in [2.75, 3.05) is 6.61 Å². The lowest BCUT2D eigenvalue weighted by molar-refractivity contribution is 0.129. The number of fused-ring (bicyclic) bond motifs is 1. The molecule has 3 heteroatoms. The van der Waals surface area contributed by atoms with E-state index < -0.39 is 6.10 Å². The molecule has 0 aliphatic carbocycles. The molecule has 0 fully saturated rings. The predicted molar refractivity (Wildman–Crippen MR) is 78.5 cm³/mol. The topological polar surface area (TPSA) is 29.5 Å². The molecule has 1 N–H and O–H groups in total. The highest BCUT2D eigenvalue weighted by Gasteiger charge is 2.29. The summed E-state index contributed by atoms with van der Waals surface area (Å²) in [6, 6.07) is 16.0. The number of hydrogen-bond acceptors (Lipinski definition) is 2. The number of aliphatic hydroxyl groups excluding tert-OH is 1. The summed E-state index contributed by atoms with van der Waals surface area (Å²) in [5.74, 6) is 0.974. The van der Waals surface area contributed by atoms with Gasteiger partial charge in [0, 0.05) is 16.0 Å². The lowest BCUT2D eigenvalue weighted by Gasteiger charge is -2.17. The van der Waals surface area contributed by atoms with E-state index in [1.165, 1.54) is 0 Å². The van der Waals surface area contributed by atoms with Gasteiger partial charge in [0.05, 0.1) is 12.7 Å². The van der Waals surface area contributed by atoms with Crippen molar-refractivity contribution in [2.45, 2.75) is 18.4 Å². The number of rotatable bonds is 3. The second-order valence-corrected chi connectivity index (χ2v) is 5.77. The summed E-state index contributed by atoms with van der Waals surface area (Å²) in [5, 5.41) is 10.4. The van der Waals surface area contributed by atoms with Gasteiger partial charge in [-0.3, -0.25) is 0 Å². The minimum absolute atomic E-state index is 0.0693. The molecular weight excluding hydrogens is 304 g/mol. The maximum atomic E-state index is 10.4. The van der Waals surface area contributed by atoms with E-state index in [2.05, 4.69) is 15.9 Å². The molecule has 0 bridgehead atoms. The molecule has 0 aromatic heterocycles. The smallest absolute Gasteiger partial charge is 0.123 e. The molecule has 1 heterocycles. The van der Waals surface area contributed by atoms with Crippen molar-refractivity contribution in [1.82, 2.24) is 0 Å². The summed E-state index contributed by atoms with van der Waals surface area (Å²) in [6.45, 7) is 0.567. The van der Waals surface area contributed by atoms with Gasteiger partial charge >= 0.3 is 0 Å². The average Bonchev–Trinajstić information content (AvgIpc) is 2.85. The van der Waals surface area contributed by atoms with Crippen LogP contribution in [0, 0.1) is 0 Å². The van der Waals surface area contributed by atoms with Crippen LogP contribution < -0.4 is 4.74 Å². The number of hydrogen-bond donors (Lipinski definition) is 1. The Kier molecular flexibility index (Phi) is 3.58. The third-order valence-electron chi connectivity index (χ3n) is 3.56. The van der Waals surface area contributed by atoms with Gasteiger partial charge in [-0.05, 0) is 30.2 Å². The molecule has 2 atom stereocenters. The Morgan fingerprint density at radius 2 is 1.89 bits per heavy atom. The van der Waals surface area contributed by atoms with Gasteiger partial charge < -0.3 is 9.84 Å². The first-order chi connectivity index (χ1) is 9.24. The second-order valence-electron chi connectivity index (χ2n) is 4.85. The highest BCUT2D eigenvalue weighted by molar-refractivity contribution is 9.10. The Morgan fingerprint density at radius 1 is 1.16 bits per heavy atom. The van der Waals surface area contributed by atoms with Crippen LogP contribution in [0.4, 0.5) is 0 Å². The normalized spacial score (nSPS) is 18.7. The van der Waals surface area contributed by atoms with Crippen LogP contribution in [0.5, 0.6) is 5.75 Å². The number of benzene rings is 2. The first-order valence-corrected chi connectivity index (χ1v) is 7.17. The van der Waals surface area contributed by atoms with E-state index in [1.807, 2.05) is 48.5 Å². The van der Waals surface area contributed by atoms with E-state index in [0.29, 0.717) is 13.0 Å². The standard InChI is InChI=1S/C16H15BrO2/c17-12-7-5-11(6-8-12)9-15(18)14-10-19-16-4-2-1-3-13(14)16/h1-8,14-15,18H,9-10H2. The van der Waals surface area contributed by atoms with Crippen LogP contribution in [0.25, 0.3) is 0 Å². The summed E-state index contributed by atoms with van der Waals surface area (Å²) in [5.41, 5.74) is 2.26. The Balaban J connectivity index is 1.75. The molecule has 2 aromatic carbocycles. The third-order valence-corrected chi connectivity index (χ3v) is 4.09. The van der Waals surface area contributed by atoms with E-state index in [1.54, 1.807) is 0 Å². The van der Waals surface area contributed by atoms with Crippen LogP contribution in [0.15, 0.2) is 53.0 Å². The minimum Gasteiger partial charge on any atom is -0.493 e. The van der Waals surface area contributed by atoms with Crippen LogP contribution in [0.2, 0.25) is 0 Å². The van der Waals surface area contributed by atoms with Crippen molar-refractivity contribution >= 4 is 15.9 Å². The fraction of sp³-hybridized carbons (Fsp3) is 0.250. The number of ether oxygens (including phenoxy) is 1. The van der Waals surface area contributed by atoms with Crippen molar-refractivity contribution < 1.29 is 9.84 Å². The fourth-order valence-corrected chi connectivity index (χ4v) is 2.77. The van der Waals surface area contributed by atoms with Gasteiger partial charge in [-0.1, -0.05) is 46.3 Å². The third kappa shape index (κ3) is 2.67. The Bertz CT molecular complexity index is 565. The lowest BCUT2D eigenvalue weighted by atomic mass is 9.91. The summed E-state index contributed by atoms with van der Waals surface area (Å²) in [4.78, 5) is 0. The SMILES string of the molecule is OC(Cc1ccc(Br)cc1)C1COc2ccccc21. The molecule has 98 valence electrons. The summed E-state index contributed by atoms with van der Waals surface area (Å²) >= 11 is 3.42. The summed E-state index contributed by atoms with van der Waals surface area (Å²) in [7, 11) is 0. The van der Waals surface area contributed by atoms with Gasteiger partial charge in [0.1, 0.15) is 5.75 Å². The van der Waals surface area contributed by atoms with E-state index >= 15 is 0 Å². The maximum Gasteiger partial charge on any atom is 0.123 e. The quantitative estimate of drug-likeness (QED) is 0.938. The minimum atomic E-state index is -0.412. The number of para-hydroxylation sites is 1. The molecule has 0 amide bonds.